The number of phosphoric acid groups is 1. The fourth-order valence-electron chi connectivity index (χ4n) is 4.49. The number of esters is 1. The largest absolute Gasteiger partial charge is 0.472 e. The number of hydrogen-bond acceptors (Lipinski definition) is 7. The summed E-state index contributed by atoms with van der Waals surface area (Å²) in [5, 5.41) is 0. The van der Waals surface area contributed by atoms with Gasteiger partial charge in [-0.1, -0.05) is 133 Å². The number of phosphoric ester groups is 1. The summed E-state index contributed by atoms with van der Waals surface area (Å²) < 4.78 is 32.3. The third kappa shape index (κ3) is 33.6. The lowest BCUT2D eigenvalue weighted by Gasteiger charge is -2.19. The molecule has 9 heteroatoms. The molecule has 0 aromatic heterocycles. The number of nitrogens with two attached hydrogens (primary N) is 1. The molecule has 2 unspecified atom stereocenters. The Balaban J connectivity index is 3.56. The number of ether oxygens (including phenoxy) is 2. The van der Waals surface area contributed by atoms with Gasteiger partial charge in [0.05, 0.1) is 19.8 Å². The lowest BCUT2D eigenvalue weighted by Crippen LogP contribution is -2.28. The Morgan fingerprint density at radius 1 is 0.667 bits per heavy atom. The molecule has 3 N–H and O–H groups in total. The van der Waals surface area contributed by atoms with E-state index in [9.17, 15) is 14.3 Å². The predicted octanol–water partition coefficient (Wildman–Crippen LogP) is 9.68. The van der Waals surface area contributed by atoms with E-state index in [1.165, 1.54) is 77.0 Å². The second kappa shape index (κ2) is 33.8. The van der Waals surface area contributed by atoms with Crippen LogP contribution in [0.3, 0.4) is 0 Å². The molecule has 2 atom stereocenters. The van der Waals surface area contributed by atoms with Gasteiger partial charge in [-0.25, -0.2) is 4.57 Å². The van der Waals surface area contributed by atoms with Gasteiger partial charge in [-0.3, -0.25) is 13.8 Å². The van der Waals surface area contributed by atoms with Crippen LogP contribution in [-0.2, 0) is 27.9 Å². The van der Waals surface area contributed by atoms with Crippen LogP contribution in [0, 0.1) is 0 Å². The van der Waals surface area contributed by atoms with Gasteiger partial charge in [0, 0.05) is 19.6 Å². The minimum absolute atomic E-state index is 0.0975. The maximum absolute atomic E-state index is 11.8. The number of carbonyl (C=O) groups excluding carboxylic acids is 1. The zero-order valence-electron chi connectivity index (χ0n) is 28.6. The maximum Gasteiger partial charge on any atom is 0.472 e. The average molecular weight is 656 g/mol. The molecule has 0 bridgehead atoms. The molecule has 0 aromatic rings. The van der Waals surface area contributed by atoms with Crippen LogP contribution in [0.2, 0.25) is 0 Å². The summed E-state index contributed by atoms with van der Waals surface area (Å²) >= 11 is 0. The van der Waals surface area contributed by atoms with E-state index in [1.807, 2.05) is 0 Å². The van der Waals surface area contributed by atoms with Gasteiger partial charge in [-0.2, -0.15) is 0 Å². The normalized spacial score (nSPS) is 14.3. The van der Waals surface area contributed by atoms with Crippen LogP contribution in [0.25, 0.3) is 0 Å². The molecule has 0 aliphatic heterocycles. The zero-order chi connectivity index (χ0) is 33.1. The van der Waals surface area contributed by atoms with Crippen LogP contribution in [0.15, 0.2) is 48.6 Å². The molecule has 8 nitrogen and oxygen atoms in total. The summed E-state index contributed by atoms with van der Waals surface area (Å²) in [5.74, 6) is -0.420. The first-order chi connectivity index (χ1) is 21.9. The van der Waals surface area contributed by atoms with Gasteiger partial charge < -0.3 is 20.1 Å². The number of allylic oxidation sites excluding steroid dienone is 8. The first-order valence-corrected chi connectivity index (χ1v) is 19.1. The van der Waals surface area contributed by atoms with Gasteiger partial charge in [0.1, 0.15) is 6.10 Å². The van der Waals surface area contributed by atoms with E-state index >= 15 is 0 Å². The van der Waals surface area contributed by atoms with Gasteiger partial charge in [-0.05, 0) is 44.9 Å². The second-order valence-corrected chi connectivity index (χ2v) is 12.8. The standard InChI is InChI=1S/C36H66NO7P/c1-3-5-6-7-8-9-10-11-12-13-14-15-16-17-18-19-20-21-22-23-24-25-26-27-28-29-31-41-33-35(44-36(38)4-2)34-43-45(39,40)42-32-30-37/h5-6,8-9,11-12,14-15,35H,3-4,7,10,13,16-34,37H2,1-2H3,(H,39,40)/b6-5-,9-8-,12-11-,15-14-. The molecule has 0 fully saturated rings. The SMILES string of the molecule is CC/C=C\C/C=C\C/C=C\C/C=C\CCCCCCCCCCCCCCCOCC(COP(=O)(O)OCCN)OC(=O)CC. The highest BCUT2D eigenvalue weighted by molar-refractivity contribution is 7.47. The number of hydrogen-bond donors (Lipinski definition) is 2. The van der Waals surface area contributed by atoms with Crippen LogP contribution < -0.4 is 5.73 Å². The quantitative estimate of drug-likeness (QED) is 0.0311. The molecule has 0 aromatic carbocycles. The van der Waals surface area contributed by atoms with Gasteiger partial charge in [0.25, 0.3) is 0 Å². The van der Waals surface area contributed by atoms with E-state index in [2.05, 4.69) is 55.5 Å². The fourth-order valence-corrected chi connectivity index (χ4v) is 5.26. The highest BCUT2D eigenvalue weighted by atomic mass is 31.2. The van der Waals surface area contributed by atoms with Crippen molar-refractivity contribution >= 4 is 13.8 Å². The van der Waals surface area contributed by atoms with Crippen molar-refractivity contribution in [2.24, 2.45) is 5.73 Å². The molecule has 0 radical (unpaired) electrons. The lowest BCUT2D eigenvalue weighted by molar-refractivity contribution is -0.154. The maximum atomic E-state index is 11.8. The minimum Gasteiger partial charge on any atom is -0.457 e. The van der Waals surface area contributed by atoms with Crippen LogP contribution in [0.4, 0.5) is 0 Å². The van der Waals surface area contributed by atoms with Crippen LogP contribution >= 0.6 is 7.82 Å². The van der Waals surface area contributed by atoms with Crippen LogP contribution in [0.5, 0.6) is 0 Å². The molecule has 0 rings (SSSR count). The highest BCUT2D eigenvalue weighted by Crippen LogP contribution is 2.43. The van der Waals surface area contributed by atoms with Crippen LogP contribution in [-0.4, -0.2) is 49.9 Å². The molecular formula is C36H66NO7P. The van der Waals surface area contributed by atoms with Gasteiger partial charge in [0.2, 0.25) is 0 Å². The summed E-state index contributed by atoms with van der Waals surface area (Å²) in [6.07, 6.45) is 39.4. The van der Waals surface area contributed by atoms with Crippen molar-refractivity contribution in [2.75, 3.05) is 33.0 Å². The van der Waals surface area contributed by atoms with Crippen molar-refractivity contribution in [3.05, 3.63) is 48.6 Å². The molecule has 0 spiro atoms. The monoisotopic (exact) mass is 655 g/mol. The third-order valence-corrected chi connectivity index (χ3v) is 8.05. The molecule has 262 valence electrons. The number of unbranched alkanes of at least 4 members (excludes halogenated alkanes) is 13. The van der Waals surface area contributed by atoms with E-state index in [1.54, 1.807) is 6.92 Å². The van der Waals surface area contributed by atoms with Crippen molar-refractivity contribution in [1.82, 2.24) is 0 Å². The Morgan fingerprint density at radius 2 is 1.16 bits per heavy atom. The van der Waals surface area contributed by atoms with Crippen molar-refractivity contribution in [3.8, 4) is 0 Å². The van der Waals surface area contributed by atoms with Crippen molar-refractivity contribution in [2.45, 2.75) is 142 Å². The average Bonchev–Trinajstić information content (AvgIpc) is 3.03. The highest BCUT2D eigenvalue weighted by Gasteiger charge is 2.24. The van der Waals surface area contributed by atoms with Gasteiger partial charge >= 0.3 is 13.8 Å². The second-order valence-electron chi connectivity index (χ2n) is 11.3. The topological polar surface area (TPSA) is 117 Å². The Labute approximate surface area is 275 Å². The predicted molar refractivity (Wildman–Crippen MR) is 187 cm³/mol. The van der Waals surface area contributed by atoms with Crippen molar-refractivity contribution in [3.63, 3.8) is 0 Å². The zero-order valence-corrected chi connectivity index (χ0v) is 29.5. The van der Waals surface area contributed by atoms with E-state index in [0.717, 1.165) is 38.5 Å². The van der Waals surface area contributed by atoms with E-state index in [0.29, 0.717) is 6.61 Å². The molecule has 0 heterocycles. The molecular weight excluding hydrogens is 589 g/mol. The van der Waals surface area contributed by atoms with Crippen molar-refractivity contribution in [1.29, 1.82) is 0 Å². The van der Waals surface area contributed by atoms with Gasteiger partial charge in [-0.15, -0.1) is 0 Å². The first kappa shape index (κ1) is 43.5. The fraction of sp³-hybridized carbons (Fsp3) is 0.750. The number of carbonyl (C=O) groups is 1. The number of rotatable bonds is 33. The minimum atomic E-state index is -4.23. The lowest BCUT2D eigenvalue weighted by atomic mass is 10.0. The third-order valence-electron chi connectivity index (χ3n) is 7.06. The van der Waals surface area contributed by atoms with Crippen LogP contribution in [0.1, 0.15) is 136 Å². The van der Waals surface area contributed by atoms with E-state index in [4.69, 9.17) is 24.3 Å². The Morgan fingerprint density at radius 3 is 1.67 bits per heavy atom. The van der Waals surface area contributed by atoms with Gasteiger partial charge in [0.15, 0.2) is 0 Å². The van der Waals surface area contributed by atoms with E-state index in [-0.39, 0.29) is 32.8 Å². The Bertz CT molecular complexity index is 828. The summed E-state index contributed by atoms with van der Waals surface area (Å²) in [6.45, 7) is 4.21. The Kier molecular flexibility index (Phi) is 32.7. The summed E-state index contributed by atoms with van der Waals surface area (Å²) in [5.41, 5.74) is 5.27. The molecule has 0 aliphatic carbocycles. The first-order valence-electron chi connectivity index (χ1n) is 17.6. The summed E-state index contributed by atoms with van der Waals surface area (Å²) in [6, 6.07) is 0. The molecule has 0 aliphatic rings. The smallest absolute Gasteiger partial charge is 0.457 e. The van der Waals surface area contributed by atoms with Crippen molar-refractivity contribution < 1.29 is 32.8 Å². The Hall–Kier alpha value is -1.54. The molecule has 0 saturated carbocycles. The summed E-state index contributed by atoms with van der Waals surface area (Å²) in [7, 11) is -4.23. The molecule has 45 heavy (non-hydrogen) atoms. The molecule has 0 amide bonds. The molecule has 0 saturated heterocycles. The van der Waals surface area contributed by atoms with E-state index < -0.39 is 19.9 Å². The summed E-state index contributed by atoms with van der Waals surface area (Å²) in [4.78, 5) is 21.3.